The zero-order valence-corrected chi connectivity index (χ0v) is 11.2. The van der Waals surface area contributed by atoms with Crippen molar-refractivity contribution in [3.63, 3.8) is 0 Å². The van der Waals surface area contributed by atoms with Gasteiger partial charge in [-0.25, -0.2) is 0 Å². The van der Waals surface area contributed by atoms with Gasteiger partial charge in [-0.2, -0.15) is 0 Å². The predicted octanol–water partition coefficient (Wildman–Crippen LogP) is 2.97. The van der Waals surface area contributed by atoms with Crippen molar-refractivity contribution in [1.82, 2.24) is 5.32 Å². The van der Waals surface area contributed by atoms with E-state index < -0.39 is 0 Å². The zero-order chi connectivity index (χ0) is 11.7. The van der Waals surface area contributed by atoms with Crippen LogP contribution in [0.5, 0.6) is 0 Å². The second kappa shape index (κ2) is 5.27. The van der Waals surface area contributed by atoms with Crippen LogP contribution in [-0.4, -0.2) is 25.3 Å². The highest BCUT2D eigenvalue weighted by atomic mass is 16.5. The van der Waals surface area contributed by atoms with Gasteiger partial charge in [0.25, 0.3) is 0 Å². The van der Waals surface area contributed by atoms with Crippen LogP contribution in [0.2, 0.25) is 0 Å². The number of rotatable bonds is 6. The number of ether oxygens (including phenoxy) is 1. The molecule has 2 atom stereocenters. The standard InChI is InChI=1S/C15H27NO/c1-2-14-9-13(7-8-17-14)16-10-15(11-3-4-11)12-5-6-12/h11-16H,2-10H2,1H3. The first-order chi connectivity index (χ1) is 8.36. The van der Waals surface area contributed by atoms with Gasteiger partial charge in [-0.05, 0) is 69.2 Å². The summed E-state index contributed by atoms with van der Waals surface area (Å²) >= 11 is 0. The van der Waals surface area contributed by atoms with Crippen molar-refractivity contribution in [3.05, 3.63) is 0 Å². The van der Waals surface area contributed by atoms with E-state index >= 15 is 0 Å². The summed E-state index contributed by atoms with van der Waals surface area (Å²) in [4.78, 5) is 0. The van der Waals surface area contributed by atoms with Crippen LogP contribution in [0.1, 0.15) is 51.9 Å². The quantitative estimate of drug-likeness (QED) is 0.767. The summed E-state index contributed by atoms with van der Waals surface area (Å²) < 4.78 is 5.74. The lowest BCUT2D eigenvalue weighted by molar-refractivity contribution is -0.000880. The van der Waals surface area contributed by atoms with Crippen molar-refractivity contribution >= 4 is 0 Å². The third kappa shape index (κ3) is 3.23. The molecule has 98 valence electrons. The molecule has 3 fully saturated rings. The van der Waals surface area contributed by atoms with Crippen LogP contribution >= 0.6 is 0 Å². The fraction of sp³-hybridized carbons (Fsp3) is 1.00. The molecule has 0 aromatic heterocycles. The monoisotopic (exact) mass is 237 g/mol. The smallest absolute Gasteiger partial charge is 0.0587 e. The van der Waals surface area contributed by atoms with E-state index in [1.807, 2.05) is 0 Å². The van der Waals surface area contributed by atoms with Gasteiger partial charge in [0.05, 0.1) is 6.10 Å². The molecule has 2 saturated carbocycles. The van der Waals surface area contributed by atoms with Crippen molar-refractivity contribution in [1.29, 1.82) is 0 Å². The molecule has 1 saturated heterocycles. The highest BCUT2D eigenvalue weighted by Crippen LogP contribution is 2.48. The molecule has 3 rings (SSSR count). The Kier molecular flexibility index (Phi) is 3.72. The average molecular weight is 237 g/mol. The minimum atomic E-state index is 0.515. The van der Waals surface area contributed by atoms with Gasteiger partial charge in [-0.15, -0.1) is 0 Å². The maximum atomic E-state index is 5.74. The second-order valence-electron chi connectivity index (χ2n) is 6.37. The Morgan fingerprint density at radius 1 is 1.12 bits per heavy atom. The van der Waals surface area contributed by atoms with Crippen LogP contribution in [0.4, 0.5) is 0 Å². The van der Waals surface area contributed by atoms with Crippen molar-refractivity contribution in [2.45, 2.75) is 64.0 Å². The molecule has 0 spiro atoms. The van der Waals surface area contributed by atoms with Crippen molar-refractivity contribution in [2.75, 3.05) is 13.2 Å². The van der Waals surface area contributed by atoms with Crippen molar-refractivity contribution in [3.8, 4) is 0 Å². The van der Waals surface area contributed by atoms with Crippen LogP contribution in [-0.2, 0) is 4.74 Å². The molecule has 1 aliphatic heterocycles. The Hall–Kier alpha value is -0.0800. The van der Waals surface area contributed by atoms with Crippen LogP contribution in [0, 0.1) is 17.8 Å². The van der Waals surface area contributed by atoms with Crippen LogP contribution in [0.15, 0.2) is 0 Å². The maximum Gasteiger partial charge on any atom is 0.0587 e. The lowest BCUT2D eigenvalue weighted by atomic mass is 9.96. The molecular weight excluding hydrogens is 210 g/mol. The normalized spacial score (nSPS) is 34.2. The summed E-state index contributed by atoms with van der Waals surface area (Å²) in [5, 5.41) is 3.85. The molecule has 1 heterocycles. The van der Waals surface area contributed by atoms with Gasteiger partial charge < -0.3 is 10.1 Å². The SMILES string of the molecule is CCC1CC(NCC(C2CC2)C2CC2)CCO1. The molecule has 3 aliphatic rings. The molecule has 2 nitrogen and oxygen atoms in total. The Bertz CT molecular complexity index is 235. The van der Waals surface area contributed by atoms with E-state index in [1.165, 1.54) is 51.5 Å². The molecule has 0 aromatic carbocycles. The van der Waals surface area contributed by atoms with Gasteiger partial charge in [0.15, 0.2) is 0 Å². The average Bonchev–Trinajstić information content (AvgIpc) is 3.22. The number of nitrogens with one attached hydrogen (secondary N) is 1. The van der Waals surface area contributed by atoms with Gasteiger partial charge in [-0.1, -0.05) is 6.92 Å². The minimum absolute atomic E-state index is 0.515. The molecule has 2 aliphatic carbocycles. The predicted molar refractivity (Wildman–Crippen MR) is 70.0 cm³/mol. The molecule has 0 radical (unpaired) electrons. The van der Waals surface area contributed by atoms with Crippen LogP contribution in [0.3, 0.4) is 0 Å². The van der Waals surface area contributed by atoms with Gasteiger partial charge in [0, 0.05) is 12.6 Å². The lowest BCUT2D eigenvalue weighted by Crippen LogP contribution is -2.41. The van der Waals surface area contributed by atoms with Crippen LogP contribution in [0.25, 0.3) is 0 Å². The maximum absolute atomic E-state index is 5.74. The largest absolute Gasteiger partial charge is 0.378 e. The van der Waals surface area contributed by atoms with Gasteiger partial charge in [0.1, 0.15) is 0 Å². The van der Waals surface area contributed by atoms with E-state index in [-0.39, 0.29) is 0 Å². The van der Waals surface area contributed by atoms with E-state index in [9.17, 15) is 0 Å². The van der Waals surface area contributed by atoms with Crippen molar-refractivity contribution < 1.29 is 4.74 Å². The first-order valence-electron chi connectivity index (χ1n) is 7.71. The highest BCUT2D eigenvalue weighted by Gasteiger charge is 2.41. The Labute approximate surface area is 105 Å². The summed E-state index contributed by atoms with van der Waals surface area (Å²) in [7, 11) is 0. The summed E-state index contributed by atoms with van der Waals surface area (Å²) in [5.74, 6) is 3.17. The molecule has 17 heavy (non-hydrogen) atoms. The third-order valence-corrected chi connectivity index (χ3v) is 4.92. The molecule has 0 aromatic rings. The molecule has 2 heteroatoms. The summed E-state index contributed by atoms with van der Waals surface area (Å²) in [5.41, 5.74) is 0. The molecule has 0 amide bonds. The Balaban J connectivity index is 1.42. The van der Waals surface area contributed by atoms with E-state index in [0.29, 0.717) is 6.10 Å². The van der Waals surface area contributed by atoms with E-state index in [2.05, 4.69) is 12.2 Å². The summed E-state index contributed by atoms with van der Waals surface area (Å²) in [6.45, 7) is 4.49. The summed E-state index contributed by atoms with van der Waals surface area (Å²) in [6, 6.07) is 0.730. The molecule has 2 unspecified atom stereocenters. The molecule has 1 N–H and O–H groups in total. The zero-order valence-electron chi connectivity index (χ0n) is 11.2. The van der Waals surface area contributed by atoms with Crippen molar-refractivity contribution in [2.24, 2.45) is 17.8 Å². The van der Waals surface area contributed by atoms with E-state index in [4.69, 9.17) is 4.74 Å². The number of hydrogen-bond acceptors (Lipinski definition) is 2. The third-order valence-electron chi connectivity index (χ3n) is 4.92. The first-order valence-corrected chi connectivity index (χ1v) is 7.71. The van der Waals surface area contributed by atoms with E-state index in [1.54, 1.807) is 0 Å². The van der Waals surface area contributed by atoms with Gasteiger partial charge in [0.2, 0.25) is 0 Å². The van der Waals surface area contributed by atoms with Gasteiger partial charge >= 0.3 is 0 Å². The molecule has 0 bridgehead atoms. The first kappa shape index (κ1) is 12.0. The Morgan fingerprint density at radius 3 is 2.41 bits per heavy atom. The number of hydrogen-bond donors (Lipinski definition) is 1. The van der Waals surface area contributed by atoms with Crippen LogP contribution < -0.4 is 5.32 Å². The fourth-order valence-corrected chi connectivity index (χ4v) is 3.42. The Morgan fingerprint density at radius 2 is 1.82 bits per heavy atom. The van der Waals surface area contributed by atoms with Gasteiger partial charge in [-0.3, -0.25) is 0 Å². The highest BCUT2D eigenvalue weighted by molar-refractivity contribution is 4.93. The summed E-state index contributed by atoms with van der Waals surface area (Å²) in [6.07, 6.45) is 10.2. The van der Waals surface area contributed by atoms with E-state index in [0.717, 1.165) is 30.4 Å². The lowest BCUT2D eigenvalue weighted by Gasteiger charge is -2.31. The molecular formula is C15H27NO. The fourth-order valence-electron chi connectivity index (χ4n) is 3.42. The minimum Gasteiger partial charge on any atom is -0.378 e. The topological polar surface area (TPSA) is 21.3 Å². The second-order valence-corrected chi connectivity index (χ2v) is 6.37.